The van der Waals surface area contributed by atoms with Crippen LogP contribution in [0, 0.1) is 0 Å². The van der Waals surface area contributed by atoms with Gasteiger partial charge in [-0.1, -0.05) is 30.3 Å². The second kappa shape index (κ2) is 6.31. The Kier molecular flexibility index (Phi) is 4.71. The highest BCUT2D eigenvalue weighted by molar-refractivity contribution is 8.13. The van der Waals surface area contributed by atoms with Crippen LogP contribution in [0.4, 0.5) is 4.79 Å². The van der Waals surface area contributed by atoms with Gasteiger partial charge in [0, 0.05) is 17.0 Å². The number of amides is 1. The molecule has 0 saturated heterocycles. The molecule has 0 bridgehead atoms. The summed E-state index contributed by atoms with van der Waals surface area (Å²) in [5, 5.41) is 2.49. The molecule has 0 aliphatic carbocycles. The Morgan fingerprint density at radius 3 is 2.15 bits per heavy atom. The molecule has 2 rings (SSSR count). The molecule has 0 N–H and O–H groups in total. The second-order valence-electron chi connectivity index (χ2n) is 5.47. The van der Waals surface area contributed by atoms with Crippen LogP contribution in [0.2, 0.25) is 0 Å². The molecule has 0 heterocycles. The maximum Gasteiger partial charge on any atom is 0.286 e. The van der Waals surface area contributed by atoms with E-state index in [4.69, 9.17) is 0 Å². The van der Waals surface area contributed by atoms with Crippen molar-refractivity contribution < 1.29 is 4.79 Å². The lowest BCUT2D eigenvalue weighted by atomic mass is 10.1. The highest BCUT2D eigenvalue weighted by atomic mass is 32.2. The van der Waals surface area contributed by atoms with E-state index in [0.29, 0.717) is 0 Å². The molecule has 1 amide bonds. The van der Waals surface area contributed by atoms with E-state index in [-0.39, 0.29) is 17.3 Å². The zero-order valence-electron chi connectivity index (χ0n) is 12.5. The van der Waals surface area contributed by atoms with Crippen molar-refractivity contribution in [3.63, 3.8) is 0 Å². The minimum Gasteiger partial charge on any atom is -0.328 e. The highest BCUT2D eigenvalue weighted by Gasteiger charge is 2.20. The fourth-order valence-corrected chi connectivity index (χ4v) is 3.45. The molecule has 0 fully saturated rings. The summed E-state index contributed by atoms with van der Waals surface area (Å²) < 4.78 is 0. The van der Waals surface area contributed by atoms with E-state index in [1.165, 1.54) is 22.5 Å². The molecule has 3 heteroatoms. The van der Waals surface area contributed by atoms with Crippen LogP contribution in [0.5, 0.6) is 0 Å². The molecule has 0 saturated carbocycles. The first-order chi connectivity index (χ1) is 9.49. The molecule has 2 nitrogen and oxygen atoms in total. The van der Waals surface area contributed by atoms with E-state index in [1.807, 2.05) is 23.1 Å². The number of rotatable bonds is 3. The van der Waals surface area contributed by atoms with Gasteiger partial charge >= 0.3 is 0 Å². The SMILES string of the molecule is CC(C)N(C(=O)Sc1ccc2ccccc2c1)C(C)C. The summed E-state index contributed by atoms with van der Waals surface area (Å²) in [6.45, 7) is 8.22. The van der Waals surface area contributed by atoms with Gasteiger partial charge < -0.3 is 4.90 Å². The first kappa shape index (κ1) is 14.9. The van der Waals surface area contributed by atoms with E-state index in [1.54, 1.807) is 0 Å². The summed E-state index contributed by atoms with van der Waals surface area (Å²) in [5.41, 5.74) is 0. The molecule has 0 aromatic heterocycles. The standard InChI is InChI=1S/C17H21NOS/c1-12(2)18(13(3)4)17(19)20-16-10-9-14-7-5-6-8-15(14)11-16/h5-13H,1-4H3. The molecule has 0 aliphatic rings. The molecule has 0 unspecified atom stereocenters. The first-order valence-corrected chi connectivity index (χ1v) is 7.79. The fourth-order valence-electron chi connectivity index (χ4n) is 2.40. The van der Waals surface area contributed by atoms with Crippen molar-refractivity contribution in [3.05, 3.63) is 42.5 Å². The van der Waals surface area contributed by atoms with E-state index < -0.39 is 0 Å². The van der Waals surface area contributed by atoms with Gasteiger partial charge in [0.15, 0.2) is 0 Å². The molecule has 0 aliphatic heterocycles. The lowest BCUT2D eigenvalue weighted by Gasteiger charge is -2.30. The average molecular weight is 287 g/mol. The molecule has 20 heavy (non-hydrogen) atoms. The molecule has 0 atom stereocenters. The lowest BCUT2D eigenvalue weighted by molar-refractivity contribution is 0.190. The van der Waals surface area contributed by atoms with Crippen LogP contribution in [0.1, 0.15) is 27.7 Å². The Labute approximate surface area is 125 Å². The molecular weight excluding hydrogens is 266 g/mol. The Morgan fingerprint density at radius 2 is 1.55 bits per heavy atom. The number of hydrogen-bond donors (Lipinski definition) is 0. The number of benzene rings is 2. The number of thioether (sulfide) groups is 1. The Bertz CT molecular complexity index is 599. The third kappa shape index (κ3) is 3.34. The zero-order chi connectivity index (χ0) is 14.7. The Hall–Kier alpha value is -1.48. The molecule has 106 valence electrons. The van der Waals surface area contributed by atoms with Crippen molar-refractivity contribution in [1.82, 2.24) is 4.90 Å². The lowest BCUT2D eigenvalue weighted by Crippen LogP contribution is -2.39. The van der Waals surface area contributed by atoms with Gasteiger partial charge in [0.1, 0.15) is 0 Å². The van der Waals surface area contributed by atoms with Crippen molar-refractivity contribution in [1.29, 1.82) is 0 Å². The Balaban J connectivity index is 2.20. The monoisotopic (exact) mass is 287 g/mol. The maximum absolute atomic E-state index is 12.4. The van der Waals surface area contributed by atoms with Crippen molar-refractivity contribution in [3.8, 4) is 0 Å². The van der Waals surface area contributed by atoms with E-state index in [2.05, 4.69) is 52.0 Å². The van der Waals surface area contributed by atoms with Gasteiger partial charge in [-0.15, -0.1) is 0 Å². The Morgan fingerprint density at radius 1 is 0.950 bits per heavy atom. The van der Waals surface area contributed by atoms with Gasteiger partial charge in [-0.2, -0.15) is 0 Å². The highest BCUT2D eigenvalue weighted by Crippen LogP contribution is 2.27. The molecule has 0 spiro atoms. The molecule has 2 aromatic rings. The topological polar surface area (TPSA) is 20.3 Å². The van der Waals surface area contributed by atoms with Crippen LogP contribution in [-0.2, 0) is 0 Å². The van der Waals surface area contributed by atoms with E-state index >= 15 is 0 Å². The third-order valence-electron chi connectivity index (χ3n) is 3.25. The summed E-state index contributed by atoms with van der Waals surface area (Å²) in [7, 11) is 0. The van der Waals surface area contributed by atoms with Gasteiger partial charge in [-0.05, 0) is 62.4 Å². The summed E-state index contributed by atoms with van der Waals surface area (Å²) in [5.74, 6) is 0. The van der Waals surface area contributed by atoms with Crippen LogP contribution < -0.4 is 0 Å². The van der Waals surface area contributed by atoms with Crippen molar-refractivity contribution >= 4 is 27.8 Å². The minimum atomic E-state index is 0.116. The summed E-state index contributed by atoms with van der Waals surface area (Å²) >= 11 is 1.31. The van der Waals surface area contributed by atoms with Crippen molar-refractivity contribution in [2.75, 3.05) is 0 Å². The smallest absolute Gasteiger partial charge is 0.286 e. The quantitative estimate of drug-likeness (QED) is 0.726. The third-order valence-corrected chi connectivity index (χ3v) is 4.12. The van der Waals surface area contributed by atoms with Gasteiger partial charge in [0.2, 0.25) is 0 Å². The first-order valence-electron chi connectivity index (χ1n) is 6.98. The van der Waals surface area contributed by atoms with Crippen molar-refractivity contribution in [2.45, 2.75) is 44.7 Å². The number of carbonyl (C=O) groups excluding carboxylic acids is 1. The zero-order valence-corrected chi connectivity index (χ0v) is 13.3. The van der Waals surface area contributed by atoms with Gasteiger partial charge in [0.25, 0.3) is 5.24 Å². The number of nitrogens with zero attached hydrogens (tertiary/aromatic N) is 1. The van der Waals surface area contributed by atoms with Gasteiger partial charge in [0.05, 0.1) is 0 Å². The second-order valence-corrected chi connectivity index (χ2v) is 6.50. The molecule has 0 radical (unpaired) electrons. The fraction of sp³-hybridized carbons (Fsp3) is 0.353. The van der Waals surface area contributed by atoms with Crippen LogP contribution >= 0.6 is 11.8 Å². The summed E-state index contributed by atoms with van der Waals surface area (Å²) in [6.07, 6.45) is 0. The van der Waals surface area contributed by atoms with Gasteiger partial charge in [-0.3, -0.25) is 4.79 Å². The van der Waals surface area contributed by atoms with Crippen LogP contribution in [0.3, 0.4) is 0 Å². The average Bonchev–Trinajstić information content (AvgIpc) is 2.37. The minimum absolute atomic E-state index is 0.116. The van der Waals surface area contributed by atoms with Crippen LogP contribution in [0.25, 0.3) is 10.8 Å². The normalized spacial score (nSPS) is 11.3. The predicted molar refractivity (Wildman–Crippen MR) is 87.3 cm³/mol. The largest absolute Gasteiger partial charge is 0.328 e. The predicted octanol–water partition coefficient (Wildman–Crippen LogP) is 5.17. The molecule has 2 aromatic carbocycles. The van der Waals surface area contributed by atoms with Crippen LogP contribution in [-0.4, -0.2) is 22.2 Å². The van der Waals surface area contributed by atoms with E-state index in [9.17, 15) is 4.79 Å². The summed E-state index contributed by atoms with van der Waals surface area (Å²) in [6, 6.07) is 14.8. The number of carbonyl (C=O) groups is 1. The van der Waals surface area contributed by atoms with Crippen LogP contribution in [0.15, 0.2) is 47.4 Å². The maximum atomic E-state index is 12.4. The van der Waals surface area contributed by atoms with E-state index in [0.717, 1.165) is 4.90 Å². The number of fused-ring (bicyclic) bond motifs is 1. The van der Waals surface area contributed by atoms with Gasteiger partial charge in [-0.25, -0.2) is 0 Å². The van der Waals surface area contributed by atoms with Crippen molar-refractivity contribution in [2.24, 2.45) is 0 Å². The molecular formula is C17H21NOS. The number of hydrogen-bond acceptors (Lipinski definition) is 2. The summed E-state index contributed by atoms with van der Waals surface area (Å²) in [4.78, 5) is 15.3.